The minimum atomic E-state index is -0.828. The second-order valence-corrected chi connectivity index (χ2v) is 5.88. The number of carbonyl (C=O) groups is 2. The van der Waals surface area contributed by atoms with Crippen molar-refractivity contribution in [2.24, 2.45) is 0 Å². The van der Waals surface area contributed by atoms with Gasteiger partial charge in [0, 0.05) is 28.2 Å². The van der Waals surface area contributed by atoms with E-state index in [0.717, 1.165) is 5.56 Å². The molecule has 0 unspecified atom stereocenters. The van der Waals surface area contributed by atoms with E-state index >= 15 is 0 Å². The Morgan fingerprint density at radius 2 is 2.00 bits per heavy atom. The maximum Gasteiger partial charge on any atom is 0.296 e. The van der Waals surface area contributed by atoms with Crippen LogP contribution >= 0.6 is 11.6 Å². The molecule has 0 atom stereocenters. The van der Waals surface area contributed by atoms with Gasteiger partial charge in [-0.2, -0.15) is 0 Å². The molecule has 128 valence electrons. The molecule has 0 saturated heterocycles. The lowest BCUT2D eigenvalue weighted by atomic mass is 10.1. The van der Waals surface area contributed by atoms with Crippen LogP contribution in [-0.4, -0.2) is 23.8 Å². The van der Waals surface area contributed by atoms with Crippen LogP contribution < -0.4 is 10.1 Å². The molecule has 0 radical (unpaired) electrons. The molecule has 2 aromatic carbocycles. The van der Waals surface area contributed by atoms with Crippen molar-refractivity contribution in [2.75, 3.05) is 12.4 Å². The first-order valence-corrected chi connectivity index (χ1v) is 7.75. The van der Waals surface area contributed by atoms with Crippen molar-refractivity contribution < 1.29 is 18.7 Å². The number of amides is 1. The van der Waals surface area contributed by atoms with Crippen LogP contribution in [0.4, 0.5) is 10.1 Å². The van der Waals surface area contributed by atoms with Gasteiger partial charge in [0.15, 0.2) is 0 Å². The summed E-state index contributed by atoms with van der Waals surface area (Å²) < 4.78 is 18.4. The summed E-state index contributed by atoms with van der Waals surface area (Å²) in [6.07, 6.45) is 1.39. The Bertz CT molecular complexity index is 997. The molecule has 3 aromatic rings. The molecule has 0 aliphatic rings. The molecule has 1 amide bonds. The van der Waals surface area contributed by atoms with E-state index in [9.17, 15) is 14.0 Å². The van der Waals surface area contributed by atoms with Crippen LogP contribution in [0.5, 0.6) is 5.75 Å². The number of aryl methyl sites for hydroxylation is 1. The summed E-state index contributed by atoms with van der Waals surface area (Å²) >= 11 is 6.03. The number of anilines is 1. The van der Waals surface area contributed by atoms with Gasteiger partial charge >= 0.3 is 0 Å². The van der Waals surface area contributed by atoms with Gasteiger partial charge in [0.05, 0.1) is 18.4 Å². The topological polar surface area (TPSA) is 71.2 Å². The van der Waals surface area contributed by atoms with Gasteiger partial charge in [-0.3, -0.25) is 9.59 Å². The van der Waals surface area contributed by atoms with Gasteiger partial charge in [0.1, 0.15) is 11.6 Å². The second-order valence-electron chi connectivity index (χ2n) is 5.48. The zero-order valence-corrected chi connectivity index (χ0v) is 14.2. The van der Waals surface area contributed by atoms with Crippen molar-refractivity contribution >= 4 is 39.9 Å². The predicted octanol–water partition coefficient (Wildman–Crippen LogP) is 4.10. The van der Waals surface area contributed by atoms with Crippen LogP contribution in [0.3, 0.4) is 0 Å². The van der Waals surface area contributed by atoms with Crippen molar-refractivity contribution in [3.8, 4) is 5.75 Å². The molecule has 2 N–H and O–H groups in total. The highest BCUT2D eigenvalue weighted by Crippen LogP contribution is 2.31. The fraction of sp³-hybridized carbons (Fsp3) is 0.111. The van der Waals surface area contributed by atoms with E-state index in [1.807, 2.05) is 0 Å². The molecule has 5 nitrogen and oxygen atoms in total. The van der Waals surface area contributed by atoms with Crippen molar-refractivity contribution in [3.63, 3.8) is 0 Å². The maximum atomic E-state index is 13.2. The lowest BCUT2D eigenvalue weighted by Gasteiger charge is -2.11. The molecule has 7 heteroatoms. The number of ether oxygens (including phenoxy) is 1. The van der Waals surface area contributed by atoms with Crippen LogP contribution in [0.1, 0.15) is 15.9 Å². The number of nitrogens with one attached hydrogen (secondary N) is 2. The number of benzene rings is 2. The van der Waals surface area contributed by atoms with Crippen molar-refractivity contribution in [1.29, 1.82) is 0 Å². The van der Waals surface area contributed by atoms with E-state index in [2.05, 4.69) is 10.3 Å². The van der Waals surface area contributed by atoms with Crippen LogP contribution in [-0.2, 0) is 4.79 Å². The van der Waals surface area contributed by atoms with Crippen LogP contribution in [0.25, 0.3) is 10.9 Å². The SMILES string of the molecule is COc1cc(Cl)c(C)cc1NC(=O)C(=O)c1c[nH]c2cc(F)ccc12. The van der Waals surface area contributed by atoms with E-state index in [0.29, 0.717) is 27.4 Å². The Kier molecular flexibility index (Phi) is 4.46. The molecule has 25 heavy (non-hydrogen) atoms. The molecule has 0 aliphatic carbocycles. The lowest BCUT2D eigenvalue weighted by Crippen LogP contribution is -2.23. The van der Waals surface area contributed by atoms with Gasteiger partial charge < -0.3 is 15.0 Å². The first-order valence-electron chi connectivity index (χ1n) is 7.37. The third-order valence-electron chi connectivity index (χ3n) is 3.82. The van der Waals surface area contributed by atoms with Crippen LogP contribution in [0, 0.1) is 12.7 Å². The number of H-pyrrole nitrogens is 1. The van der Waals surface area contributed by atoms with Crippen molar-refractivity contribution in [2.45, 2.75) is 6.92 Å². The summed E-state index contributed by atoms with van der Waals surface area (Å²) in [5.74, 6) is -1.66. The number of fused-ring (bicyclic) bond motifs is 1. The Hall–Kier alpha value is -2.86. The number of methoxy groups -OCH3 is 1. The van der Waals surface area contributed by atoms with Crippen molar-refractivity contribution in [1.82, 2.24) is 4.98 Å². The van der Waals surface area contributed by atoms with Gasteiger partial charge in [-0.1, -0.05) is 11.6 Å². The second kappa shape index (κ2) is 6.57. The highest BCUT2D eigenvalue weighted by Gasteiger charge is 2.21. The average molecular weight is 361 g/mol. The molecule has 0 fully saturated rings. The highest BCUT2D eigenvalue weighted by atomic mass is 35.5. The fourth-order valence-electron chi connectivity index (χ4n) is 2.52. The third kappa shape index (κ3) is 3.21. The Morgan fingerprint density at radius 1 is 1.24 bits per heavy atom. The molecule has 0 bridgehead atoms. The number of halogens is 2. The Balaban J connectivity index is 1.90. The van der Waals surface area contributed by atoms with E-state index in [4.69, 9.17) is 16.3 Å². The minimum Gasteiger partial charge on any atom is -0.495 e. The van der Waals surface area contributed by atoms with Gasteiger partial charge in [-0.25, -0.2) is 4.39 Å². The first-order chi connectivity index (χ1) is 11.9. The standard InChI is InChI=1S/C18H14ClFN2O3/c1-9-5-15(16(25-2)7-13(9)19)22-18(24)17(23)12-8-21-14-6-10(20)3-4-11(12)14/h3-8,21H,1-2H3,(H,22,24). The number of carbonyl (C=O) groups excluding carboxylic acids is 2. The Labute approximate surface area is 147 Å². The highest BCUT2D eigenvalue weighted by molar-refractivity contribution is 6.48. The van der Waals surface area contributed by atoms with Gasteiger partial charge in [0.2, 0.25) is 0 Å². The molecule has 1 aromatic heterocycles. The molecule has 1 heterocycles. The van der Waals surface area contributed by atoms with E-state index in [-0.39, 0.29) is 5.56 Å². The quantitative estimate of drug-likeness (QED) is 0.543. The molecule has 3 rings (SSSR count). The summed E-state index contributed by atoms with van der Waals surface area (Å²) in [6.45, 7) is 1.77. The maximum absolute atomic E-state index is 13.2. The van der Waals surface area contributed by atoms with Gasteiger partial charge in [0.25, 0.3) is 11.7 Å². The normalized spacial score (nSPS) is 10.7. The van der Waals surface area contributed by atoms with Crippen molar-refractivity contribution in [3.05, 3.63) is 58.5 Å². The molecule has 0 spiro atoms. The summed E-state index contributed by atoms with van der Waals surface area (Å²) in [6, 6.07) is 7.13. The zero-order valence-electron chi connectivity index (χ0n) is 13.4. The number of rotatable bonds is 4. The van der Waals surface area contributed by atoms with E-state index < -0.39 is 17.5 Å². The number of hydrogen-bond acceptors (Lipinski definition) is 3. The fourth-order valence-corrected chi connectivity index (χ4v) is 2.67. The van der Waals surface area contributed by atoms with E-state index in [1.54, 1.807) is 19.1 Å². The predicted molar refractivity (Wildman–Crippen MR) is 94.0 cm³/mol. The van der Waals surface area contributed by atoms with Gasteiger partial charge in [-0.05, 0) is 36.8 Å². The third-order valence-corrected chi connectivity index (χ3v) is 4.23. The number of aromatic nitrogens is 1. The monoisotopic (exact) mass is 360 g/mol. The van der Waals surface area contributed by atoms with Crippen LogP contribution in [0.2, 0.25) is 5.02 Å². The lowest BCUT2D eigenvalue weighted by molar-refractivity contribution is -0.112. The first kappa shape index (κ1) is 17.0. The number of ketones is 1. The number of aromatic amines is 1. The largest absolute Gasteiger partial charge is 0.495 e. The molecular weight excluding hydrogens is 347 g/mol. The van der Waals surface area contributed by atoms with E-state index in [1.165, 1.54) is 31.5 Å². The summed E-state index contributed by atoms with van der Waals surface area (Å²) in [5.41, 5.74) is 1.68. The zero-order chi connectivity index (χ0) is 18.1. The molecular formula is C18H14ClFN2O3. The summed E-state index contributed by atoms with van der Waals surface area (Å²) in [7, 11) is 1.44. The van der Waals surface area contributed by atoms with Crippen LogP contribution in [0.15, 0.2) is 36.5 Å². The summed E-state index contributed by atoms with van der Waals surface area (Å²) in [4.78, 5) is 27.6. The van der Waals surface area contributed by atoms with Gasteiger partial charge in [-0.15, -0.1) is 0 Å². The Morgan fingerprint density at radius 3 is 2.72 bits per heavy atom. The minimum absolute atomic E-state index is 0.164. The molecule has 0 saturated carbocycles. The number of hydrogen-bond donors (Lipinski definition) is 2. The average Bonchev–Trinajstić information content (AvgIpc) is 2.99. The smallest absolute Gasteiger partial charge is 0.296 e. The summed E-state index contributed by atoms with van der Waals surface area (Å²) in [5, 5.41) is 3.49. The number of Topliss-reactive ketones (excluding diaryl/α,β-unsaturated/α-hetero) is 1. The molecule has 0 aliphatic heterocycles.